The molecule has 0 N–H and O–H groups in total. The molecule has 1 rings (SSSR count). The van der Waals surface area contributed by atoms with Gasteiger partial charge in [0.2, 0.25) is 0 Å². The van der Waals surface area contributed by atoms with Crippen molar-refractivity contribution in [2.24, 2.45) is 0 Å². The van der Waals surface area contributed by atoms with Gasteiger partial charge >= 0.3 is 0 Å². The molecule has 0 unspecified atom stereocenters. The maximum atomic E-state index is 10.9. The number of rotatable bonds is 1. The molecule has 10 heavy (non-hydrogen) atoms. The van der Waals surface area contributed by atoms with Crippen molar-refractivity contribution in [1.82, 2.24) is 0 Å². The zero-order valence-electron chi connectivity index (χ0n) is 6.02. The monoisotopic (exact) mass is 138 g/mol. The Kier molecular flexibility index (Phi) is 1.90. The first-order chi connectivity index (χ1) is 4.74. The second kappa shape index (κ2) is 2.69. The Balaban J connectivity index is 2.70. The fraction of sp³-hybridized carbons (Fsp3) is 0.375. The van der Waals surface area contributed by atoms with Gasteiger partial charge < -0.3 is 4.74 Å². The smallest absolute Gasteiger partial charge is 0.162 e. The van der Waals surface area contributed by atoms with Gasteiger partial charge in [0, 0.05) is 12.8 Å². The molecule has 1 aliphatic rings. The topological polar surface area (TPSA) is 26.3 Å². The van der Waals surface area contributed by atoms with Gasteiger partial charge in [-0.3, -0.25) is 4.79 Å². The minimum absolute atomic E-state index is 0.126. The number of carbonyl (C=O) groups excluding carboxylic acids is 1. The van der Waals surface area contributed by atoms with Crippen LogP contribution in [0.2, 0.25) is 0 Å². The van der Waals surface area contributed by atoms with E-state index in [-0.39, 0.29) is 5.78 Å². The lowest BCUT2D eigenvalue weighted by Crippen LogP contribution is -2.07. The molecule has 0 fully saturated rings. The van der Waals surface area contributed by atoms with Crippen LogP contribution in [0.4, 0.5) is 0 Å². The fourth-order valence-corrected chi connectivity index (χ4v) is 0.887. The molecule has 2 heteroatoms. The van der Waals surface area contributed by atoms with Crippen LogP contribution < -0.4 is 0 Å². The lowest BCUT2D eigenvalue weighted by atomic mass is 10.00. The molecule has 0 aromatic heterocycles. The van der Waals surface area contributed by atoms with E-state index in [0.29, 0.717) is 18.4 Å². The van der Waals surface area contributed by atoms with Gasteiger partial charge in [-0.2, -0.15) is 0 Å². The molecular formula is C8H10O2. The number of carbonyl (C=O) groups is 1. The van der Waals surface area contributed by atoms with Gasteiger partial charge in [-0.15, -0.1) is 0 Å². The average Bonchev–Trinajstić information content (AvgIpc) is 1.95. The van der Waals surface area contributed by atoms with Gasteiger partial charge in [0.25, 0.3) is 0 Å². The van der Waals surface area contributed by atoms with E-state index in [9.17, 15) is 4.79 Å². The van der Waals surface area contributed by atoms with Crippen molar-refractivity contribution < 1.29 is 9.53 Å². The van der Waals surface area contributed by atoms with Crippen molar-refractivity contribution in [2.75, 3.05) is 7.11 Å². The van der Waals surface area contributed by atoms with Gasteiger partial charge in [0.05, 0.1) is 12.9 Å². The first-order valence-corrected chi connectivity index (χ1v) is 3.18. The maximum absolute atomic E-state index is 10.9. The molecule has 0 aliphatic heterocycles. The van der Waals surface area contributed by atoms with Crippen molar-refractivity contribution >= 4 is 5.78 Å². The molecular weight excluding hydrogens is 128 g/mol. The van der Waals surface area contributed by atoms with E-state index in [1.54, 1.807) is 13.2 Å². The van der Waals surface area contributed by atoms with Crippen molar-refractivity contribution in [3.63, 3.8) is 0 Å². The Hall–Kier alpha value is -1.05. The van der Waals surface area contributed by atoms with Crippen LogP contribution in [0.1, 0.15) is 12.8 Å². The highest BCUT2D eigenvalue weighted by atomic mass is 16.5. The van der Waals surface area contributed by atoms with E-state index in [1.165, 1.54) is 0 Å². The van der Waals surface area contributed by atoms with E-state index in [4.69, 9.17) is 4.74 Å². The normalized spacial score (nSPS) is 18.7. The van der Waals surface area contributed by atoms with E-state index in [1.807, 2.05) is 0 Å². The Morgan fingerprint density at radius 3 is 2.90 bits per heavy atom. The van der Waals surface area contributed by atoms with E-state index >= 15 is 0 Å². The molecule has 2 nitrogen and oxygen atoms in total. The summed E-state index contributed by atoms with van der Waals surface area (Å²) >= 11 is 0. The third-order valence-electron chi connectivity index (χ3n) is 1.56. The molecule has 0 amide bonds. The van der Waals surface area contributed by atoms with Gasteiger partial charge in [-0.1, -0.05) is 6.58 Å². The number of ether oxygens (including phenoxy) is 1. The minimum atomic E-state index is 0.126. The lowest BCUT2D eigenvalue weighted by molar-refractivity contribution is -0.115. The highest BCUT2D eigenvalue weighted by Crippen LogP contribution is 2.18. The standard InChI is InChI=1S/C8H10O2/c1-6-5-7(10-2)3-4-8(6)9/h3H,1,4-5H2,2H3. The molecule has 0 saturated heterocycles. The van der Waals surface area contributed by atoms with Crippen LogP contribution in [0, 0.1) is 0 Å². The van der Waals surface area contributed by atoms with Gasteiger partial charge in [0.15, 0.2) is 5.78 Å². The predicted octanol–water partition coefficient (Wildman–Crippen LogP) is 1.44. The maximum Gasteiger partial charge on any atom is 0.162 e. The van der Waals surface area contributed by atoms with Crippen LogP contribution >= 0.6 is 0 Å². The quantitative estimate of drug-likeness (QED) is 0.512. The summed E-state index contributed by atoms with van der Waals surface area (Å²) in [4.78, 5) is 10.9. The molecule has 0 spiro atoms. The summed E-state index contributed by atoms with van der Waals surface area (Å²) in [6, 6.07) is 0. The Morgan fingerprint density at radius 1 is 1.70 bits per heavy atom. The van der Waals surface area contributed by atoms with Crippen LogP contribution in [-0.4, -0.2) is 12.9 Å². The van der Waals surface area contributed by atoms with Crippen LogP contribution in [-0.2, 0) is 9.53 Å². The molecule has 1 aliphatic carbocycles. The van der Waals surface area contributed by atoms with Crippen molar-refractivity contribution in [2.45, 2.75) is 12.8 Å². The Bertz CT molecular complexity index is 201. The highest BCUT2D eigenvalue weighted by molar-refractivity contribution is 5.97. The van der Waals surface area contributed by atoms with Crippen LogP contribution in [0.25, 0.3) is 0 Å². The largest absolute Gasteiger partial charge is 0.501 e. The molecule has 0 radical (unpaired) electrons. The molecule has 0 saturated carbocycles. The second-order valence-corrected chi connectivity index (χ2v) is 2.28. The molecule has 0 bridgehead atoms. The fourth-order valence-electron chi connectivity index (χ4n) is 0.887. The summed E-state index contributed by atoms with van der Waals surface area (Å²) < 4.78 is 4.96. The van der Waals surface area contributed by atoms with Gasteiger partial charge in [-0.25, -0.2) is 0 Å². The summed E-state index contributed by atoms with van der Waals surface area (Å²) in [5.74, 6) is 0.977. The van der Waals surface area contributed by atoms with Crippen LogP contribution in [0.5, 0.6) is 0 Å². The summed E-state index contributed by atoms with van der Waals surface area (Å²) in [5, 5.41) is 0. The SMILES string of the molecule is C=C1CC(OC)=CCC1=O. The van der Waals surface area contributed by atoms with Crippen molar-refractivity contribution in [3.05, 3.63) is 24.0 Å². The van der Waals surface area contributed by atoms with Crippen molar-refractivity contribution in [1.29, 1.82) is 0 Å². The average molecular weight is 138 g/mol. The lowest BCUT2D eigenvalue weighted by Gasteiger charge is -2.11. The first kappa shape index (κ1) is 7.06. The zero-order valence-corrected chi connectivity index (χ0v) is 6.02. The van der Waals surface area contributed by atoms with Gasteiger partial charge in [0.1, 0.15) is 0 Å². The number of allylic oxidation sites excluding steroid dienone is 2. The third kappa shape index (κ3) is 1.26. The number of hydrogen-bond donors (Lipinski definition) is 0. The molecule has 0 aromatic rings. The van der Waals surface area contributed by atoms with E-state index < -0.39 is 0 Å². The van der Waals surface area contributed by atoms with E-state index in [2.05, 4.69) is 6.58 Å². The number of ketones is 1. The minimum Gasteiger partial charge on any atom is -0.501 e. The van der Waals surface area contributed by atoms with Crippen molar-refractivity contribution in [3.8, 4) is 0 Å². The zero-order chi connectivity index (χ0) is 7.56. The molecule has 0 heterocycles. The second-order valence-electron chi connectivity index (χ2n) is 2.28. The summed E-state index contributed by atoms with van der Waals surface area (Å²) in [5.41, 5.74) is 0.652. The highest BCUT2D eigenvalue weighted by Gasteiger charge is 2.13. The summed E-state index contributed by atoms with van der Waals surface area (Å²) in [6.45, 7) is 3.62. The van der Waals surface area contributed by atoms with E-state index in [0.717, 1.165) is 5.76 Å². The number of methoxy groups -OCH3 is 1. The number of Topliss-reactive ketones (excluding diaryl/α,β-unsaturated/α-hetero) is 1. The summed E-state index contributed by atoms with van der Waals surface area (Å²) in [7, 11) is 1.61. The van der Waals surface area contributed by atoms with Crippen LogP contribution in [0.3, 0.4) is 0 Å². The van der Waals surface area contributed by atoms with Gasteiger partial charge in [-0.05, 0) is 11.6 Å². The Morgan fingerprint density at radius 2 is 2.40 bits per heavy atom. The third-order valence-corrected chi connectivity index (χ3v) is 1.56. The Labute approximate surface area is 60.2 Å². The number of hydrogen-bond acceptors (Lipinski definition) is 2. The molecule has 0 aromatic carbocycles. The predicted molar refractivity (Wildman–Crippen MR) is 38.5 cm³/mol. The molecule has 0 atom stereocenters. The first-order valence-electron chi connectivity index (χ1n) is 3.18. The summed E-state index contributed by atoms with van der Waals surface area (Å²) in [6.07, 6.45) is 2.83. The molecule has 54 valence electrons. The van der Waals surface area contributed by atoms with Crippen LogP contribution in [0.15, 0.2) is 24.0 Å².